The van der Waals surface area contributed by atoms with E-state index in [1.807, 2.05) is 30.0 Å². The van der Waals surface area contributed by atoms with Gasteiger partial charge in [-0.1, -0.05) is 6.07 Å². The van der Waals surface area contributed by atoms with Crippen LogP contribution in [0.2, 0.25) is 0 Å². The summed E-state index contributed by atoms with van der Waals surface area (Å²) in [4.78, 5) is 23.7. The van der Waals surface area contributed by atoms with Gasteiger partial charge >= 0.3 is 0 Å². The monoisotopic (exact) mass is 369 g/mol. The molecule has 1 N–H and O–H groups in total. The highest BCUT2D eigenvalue weighted by Gasteiger charge is 2.17. The molecule has 6 nitrogen and oxygen atoms in total. The van der Waals surface area contributed by atoms with Crippen LogP contribution in [0, 0.1) is 13.8 Å². The van der Waals surface area contributed by atoms with Crippen molar-refractivity contribution in [2.75, 3.05) is 5.32 Å². The zero-order valence-corrected chi connectivity index (χ0v) is 15.3. The van der Waals surface area contributed by atoms with E-state index in [1.54, 1.807) is 29.8 Å². The second-order valence-electron chi connectivity index (χ2n) is 5.66. The fourth-order valence-electron chi connectivity index (χ4n) is 2.60. The first kappa shape index (κ1) is 15.9. The molecule has 0 aliphatic rings. The van der Waals surface area contributed by atoms with Crippen LogP contribution in [0.15, 0.2) is 36.0 Å². The smallest absolute Gasteiger partial charge is 0.258 e. The van der Waals surface area contributed by atoms with Crippen LogP contribution < -0.4 is 5.32 Å². The Bertz CT molecular complexity index is 1050. The van der Waals surface area contributed by atoms with Gasteiger partial charge in [-0.05, 0) is 31.4 Å². The average Bonchev–Trinajstić information content (AvgIpc) is 3.30. The highest BCUT2D eigenvalue weighted by molar-refractivity contribution is 7.15. The van der Waals surface area contributed by atoms with E-state index in [2.05, 4.69) is 26.4 Å². The number of carbonyl (C=O) groups excluding carboxylic acids is 1. The molecule has 0 radical (unpaired) electrons. The summed E-state index contributed by atoms with van der Waals surface area (Å²) in [5.41, 5.74) is 2.06. The lowest BCUT2D eigenvalue weighted by atomic mass is 10.1. The molecule has 0 aromatic carbocycles. The Morgan fingerprint density at radius 1 is 1.32 bits per heavy atom. The zero-order valence-electron chi connectivity index (χ0n) is 13.7. The van der Waals surface area contributed by atoms with Crippen LogP contribution in [-0.2, 0) is 6.54 Å². The molecule has 25 heavy (non-hydrogen) atoms. The lowest BCUT2D eigenvalue weighted by Crippen LogP contribution is -2.13. The standard InChI is InChI=1S/C17H15N5OS2/c1-10-6-13(16(23)21-17-18-7-11(2)25-17)14-8-19-22(15(14)20-10)9-12-4-3-5-24-12/h3-8H,9H2,1-2H3,(H,18,21,23). The third kappa shape index (κ3) is 3.18. The molecule has 126 valence electrons. The van der Waals surface area contributed by atoms with Gasteiger partial charge in [-0.15, -0.1) is 22.7 Å². The lowest BCUT2D eigenvalue weighted by Gasteiger charge is -2.06. The molecule has 0 atom stereocenters. The maximum atomic E-state index is 12.7. The van der Waals surface area contributed by atoms with Crippen molar-refractivity contribution in [3.8, 4) is 0 Å². The number of thiazole rings is 1. The quantitative estimate of drug-likeness (QED) is 0.593. The van der Waals surface area contributed by atoms with E-state index in [0.717, 1.165) is 16.0 Å². The second-order valence-corrected chi connectivity index (χ2v) is 7.93. The van der Waals surface area contributed by atoms with E-state index in [9.17, 15) is 4.79 Å². The van der Waals surface area contributed by atoms with Gasteiger partial charge in [0.15, 0.2) is 10.8 Å². The Morgan fingerprint density at radius 3 is 2.92 bits per heavy atom. The van der Waals surface area contributed by atoms with Gasteiger partial charge in [-0.3, -0.25) is 10.1 Å². The van der Waals surface area contributed by atoms with Crippen molar-refractivity contribution in [3.05, 3.63) is 57.0 Å². The Kier molecular flexibility index (Phi) is 4.06. The number of hydrogen-bond acceptors (Lipinski definition) is 6. The van der Waals surface area contributed by atoms with Crippen molar-refractivity contribution in [1.82, 2.24) is 19.7 Å². The number of hydrogen-bond donors (Lipinski definition) is 1. The lowest BCUT2D eigenvalue weighted by molar-refractivity contribution is 0.102. The normalized spacial score (nSPS) is 11.1. The summed E-state index contributed by atoms with van der Waals surface area (Å²) in [7, 11) is 0. The number of nitrogens with zero attached hydrogens (tertiary/aromatic N) is 4. The van der Waals surface area contributed by atoms with Crippen LogP contribution in [0.4, 0.5) is 5.13 Å². The van der Waals surface area contributed by atoms with Gasteiger partial charge < -0.3 is 0 Å². The van der Waals surface area contributed by atoms with E-state index in [1.165, 1.54) is 16.2 Å². The predicted molar refractivity (Wildman–Crippen MR) is 100 cm³/mol. The van der Waals surface area contributed by atoms with Crippen LogP contribution in [0.3, 0.4) is 0 Å². The molecule has 0 bridgehead atoms. The topological polar surface area (TPSA) is 72.7 Å². The number of amides is 1. The molecule has 8 heteroatoms. The van der Waals surface area contributed by atoms with Crippen LogP contribution in [0.25, 0.3) is 11.0 Å². The van der Waals surface area contributed by atoms with Gasteiger partial charge in [-0.2, -0.15) is 5.10 Å². The summed E-state index contributed by atoms with van der Waals surface area (Å²) in [5, 5.41) is 10.7. The van der Waals surface area contributed by atoms with Crippen LogP contribution in [0.5, 0.6) is 0 Å². The molecule has 4 aromatic heterocycles. The van der Waals surface area contributed by atoms with Gasteiger partial charge in [0.1, 0.15) is 0 Å². The van der Waals surface area contributed by atoms with Gasteiger partial charge in [0, 0.05) is 21.6 Å². The van der Waals surface area contributed by atoms with E-state index >= 15 is 0 Å². The number of nitrogens with one attached hydrogen (secondary N) is 1. The first-order chi connectivity index (χ1) is 12.1. The number of pyridine rings is 1. The molecular weight excluding hydrogens is 354 g/mol. The van der Waals surface area contributed by atoms with E-state index in [4.69, 9.17) is 0 Å². The van der Waals surface area contributed by atoms with Crippen molar-refractivity contribution in [3.63, 3.8) is 0 Å². The van der Waals surface area contributed by atoms with Gasteiger partial charge in [0.05, 0.1) is 23.7 Å². The molecule has 4 aromatic rings. The first-order valence-corrected chi connectivity index (χ1v) is 9.39. The summed E-state index contributed by atoms with van der Waals surface area (Å²) in [6, 6.07) is 5.86. The molecule has 0 aliphatic carbocycles. The fraction of sp³-hybridized carbons (Fsp3) is 0.176. The van der Waals surface area contributed by atoms with Crippen molar-refractivity contribution in [1.29, 1.82) is 0 Å². The van der Waals surface area contributed by atoms with Gasteiger partial charge in [-0.25, -0.2) is 14.6 Å². The summed E-state index contributed by atoms with van der Waals surface area (Å²) in [6.07, 6.45) is 3.45. The van der Waals surface area contributed by atoms with Crippen LogP contribution in [0.1, 0.15) is 25.8 Å². The molecule has 0 unspecified atom stereocenters. The minimum Gasteiger partial charge on any atom is -0.298 e. The van der Waals surface area contributed by atoms with Gasteiger partial charge in [0.25, 0.3) is 5.91 Å². The minimum absolute atomic E-state index is 0.194. The molecule has 0 spiro atoms. The first-order valence-electron chi connectivity index (χ1n) is 7.69. The molecule has 1 amide bonds. The maximum Gasteiger partial charge on any atom is 0.258 e. The fourth-order valence-corrected chi connectivity index (χ4v) is 3.95. The van der Waals surface area contributed by atoms with Crippen molar-refractivity contribution in [2.24, 2.45) is 0 Å². The van der Waals surface area contributed by atoms with Crippen molar-refractivity contribution >= 4 is 44.7 Å². The Hall–Kier alpha value is -2.58. The predicted octanol–water partition coefficient (Wildman–Crippen LogP) is 3.87. The Morgan fingerprint density at radius 2 is 2.20 bits per heavy atom. The molecule has 0 saturated carbocycles. The van der Waals surface area contributed by atoms with E-state index < -0.39 is 0 Å². The molecular formula is C17H15N5OS2. The third-order valence-corrected chi connectivity index (χ3v) is 5.40. The summed E-state index contributed by atoms with van der Waals surface area (Å²) in [5.74, 6) is -0.194. The highest BCUT2D eigenvalue weighted by atomic mass is 32.1. The summed E-state index contributed by atoms with van der Waals surface area (Å²) < 4.78 is 1.83. The number of aromatic nitrogens is 4. The van der Waals surface area contributed by atoms with Gasteiger partial charge in [0.2, 0.25) is 0 Å². The van der Waals surface area contributed by atoms with E-state index in [0.29, 0.717) is 22.9 Å². The van der Waals surface area contributed by atoms with Crippen molar-refractivity contribution in [2.45, 2.75) is 20.4 Å². The zero-order chi connectivity index (χ0) is 17.4. The summed E-state index contributed by atoms with van der Waals surface area (Å²) in [6.45, 7) is 4.48. The highest BCUT2D eigenvalue weighted by Crippen LogP contribution is 2.23. The van der Waals surface area contributed by atoms with Crippen LogP contribution >= 0.6 is 22.7 Å². The minimum atomic E-state index is -0.194. The van der Waals surface area contributed by atoms with Crippen LogP contribution in [-0.4, -0.2) is 25.7 Å². The number of fused-ring (bicyclic) bond motifs is 1. The van der Waals surface area contributed by atoms with Crippen molar-refractivity contribution < 1.29 is 4.79 Å². The molecule has 0 aliphatic heterocycles. The molecule has 0 saturated heterocycles. The summed E-state index contributed by atoms with van der Waals surface area (Å²) >= 11 is 3.12. The molecule has 4 rings (SSSR count). The number of rotatable bonds is 4. The SMILES string of the molecule is Cc1cc(C(=O)Nc2ncc(C)s2)c2cnn(Cc3cccs3)c2n1. The Balaban J connectivity index is 1.71. The number of carbonyl (C=O) groups is 1. The number of aryl methyl sites for hydroxylation is 2. The largest absolute Gasteiger partial charge is 0.298 e. The maximum absolute atomic E-state index is 12.7. The second kappa shape index (κ2) is 6.38. The molecule has 4 heterocycles. The Labute approximate surface area is 152 Å². The van der Waals surface area contributed by atoms with E-state index in [-0.39, 0.29) is 5.91 Å². The molecule has 0 fully saturated rings. The number of thiophene rings is 1. The third-order valence-electron chi connectivity index (χ3n) is 3.71. The number of anilines is 1. The average molecular weight is 369 g/mol.